The maximum absolute atomic E-state index is 11.0. The van der Waals surface area contributed by atoms with Crippen molar-refractivity contribution >= 4 is 5.97 Å². The molecule has 0 saturated carbocycles. The minimum absolute atomic E-state index is 0.215. The van der Waals surface area contributed by atoms with E-state index in [1.807, 2.05) is 0 Å². The summed E-state index contributed by atoms with van der Waals surface area (Å²) < 4.78 is 5.08. The highest BCUT2D eigenvalue weighted by Crippen LogP contribution is 2.36. The fraction of sp³-hybridized carbons (Fsp3) is 0.889. The molecule has 1 heterocycles. The van der Waals surface area contributed by atoms with Crippen molar-refractivity contribution in [3.63, 3.8) is 0 Å². The molecule has 0 aromatic heterocycles. The van der Waals surface area contributed by atoms with Crippen LogP contribution < -0.4 is 0 Å². The third-order valence-corrected chi connectivity index (χ3v) is 2.33. The van der Waals surface area contributed by atoms with Crippen LogP contribution in [0.3, 0.4) is 0 Å². The topological polar surface area (TPSA) is 66.8 Å². The molecular formula is C9H16O4. The molecule has 0 aromatic rings. The van der Waals surface area contributed by atoms with Gasteiger partial charge in [-0.3, -0.25) is 4.79 Å². The van der Waals surface area contributed by atoms with E-state index in [1.54, 1.807) is 13.8 Å². The Morgan fingerprint density at radius 1 is 1.62 bits per heavy atom. The van der Waals surface area contributed by atoms with Crippen LogP contribution in [-0.4, -0.2) is 35.0 Å². The Hall–Kier alpha value is -0.610. The predicted octanol–water partition coefficient (Wildman–Crippen LogP) is 0.639. The summed E-state index contributed by atoms with van der Waals surface area (Å²) in [6.45, 7) is 3.93. The van der Waals surface area contributed by atoms with Gasteiger partial charge in [-0.25, -0.2) is 0 Å². The number of aliphatic hydroxyl groups is 1. The van der Waals surface area contributed by atoms with Crippen molar-refractivity contribution in [2.45, 2.75) is 32.3 Å². The van der Waals surface area contributed by atoms with Crippen molar-refractivity contribution in [2.24, 2.45) is 5.41 Å². The summed E-state index contributed by atoms with van der Waals surface area (Å²) in [5.74, 6) is -0.868. The molecule has 13 heavy (non-hydrogen) atoms. The van der Waals surface area contributed by atoms with Crippen molar-refractivity contribution < 1.29 is 19.7 Å². The van der Waals surface area contributed by atoms with Crippen molar-refractivity contribution in [1.82, 2.24) is 0 Å². The first-order valence-corrected chi connectivity index (χ1v) is 4.39. The van der Waals surface area contributed by atoms with Crippen LogP contribution in [0.5, 0.6) is 0 Å². The van der Waals surface area contributed by atoms with E-state index in [4.69, 9.17) is 9.84 Å². The van der Waals surface area contributed by atoms with Crippen LogP contribution in [0.4, 0.5) is 0 Å². The van der Waals surface area contributed by atoms with E-state index in [9.17, 15) is 9.90 Å². The Morgan fingerprint density at radius 2 is 2.23 bits per heavy atom. The minimum atomic E-state index is -0.952. The second-order valence-electron chi connectivity index (χ2n) is 4.38. The highest BCUT2D eigenvalue weighted by molar-refractivity contribution is 5.75. The first kappa shape index (κ1) is 10.5. The van der Waals surface area contributed by atoms with Gasteiger partial charge in [0, 0.05) is 6.61 Å². The van der Waals surface area contributed by atoms with Crippen LogP contribution in [0.25, 0.3) is 0 Å². The molecule has 1 aliphatic rings. The van der Waals surface area contributed by atoms with Gasteiger partial charge in [0.05, 0.1) is 17.6 Å². The van der Waals surface area contributed by atoms with E-state index in [1.165, 1.54) is 0 Å². The zero-order chi connectivity index (χ0) is 10.1. The molecule has 76 valence electrons. The van der Waals surface area contributed by atoms with E-state index < -0.39 is 17.0 Å². The highest BCUT2D eigenvalue weighted by Gasteiger charge is 2.45. The zero-order valence-electron chi connectivity index (χ0n) is 8.04. The van der Waals surface area contributed by atoms with Gasteiger partial charge in [0.1, 0.15) is 0 Å². The molecule has 1 saturated heterocycles. The Labute approximate surface area is 77.5 Å². The van der Waals surface area contributed by atoms with Gasteiger partial charge in [0.15, 0.2) is 0 Å². The van der Waals surface area contributed by atoms with Gasteiger partial charge in [-0.05, 0) is 26.7 Å². The number of rotatable bonds is 3. The van der Waals surface area contributed by atoms with Gasteiger partial charge in [-0.15, -0.1) is 0 Å². The molecule has 1 aliphatic heterocycles. The van der Waals surface area contributed by atoms with Crippen LogP contribution in [0.15, 0.2) is 0 Å². The number of hydrogen-bond donors (Lipinski definition) is 2. The van der Waals surface area contributed by atoms with E-state index >= 15 is 0 Å². The number of aliphatic carboxylic acids is 1. The maximum Gasteiger partial charge on any atom is 0.312 e. The van der Waals surface area contributed by atoms with Crippen LogP contribution in [0, 0.1) is 5.41 Å². The standard InChI is InChI=1S/C9H16O4/c1-8(2,12)5-9(7(10)11)3-4-13-6-9/h12H,3-6H2,1-2H3,(H,10,11). The Balaban J connectivity index is 2.74. The monoisotopic (exact) mass is 188 g/mol. The number of ether oxygens (including phenoxy) is 1. The lowest BCUT2D eigenvalue weighted by Gasteiger charge is -2.29. The third-order valence-electron chi connectivity index (χ3n) is 2.33. The first-order valence-electron chi connectivity index (χ1n) is 4.39. The number of carboxylic acids is 1. The number of carbonyl (C=O) groups is 1. The van der Waals surface area contributed by atoms with E-state index in [0.717, 1.165) is 0 Å². The summed E-state index contributed by atoms with van der Waals surface area (Å²) in [7, 11) is 0. The summed E-state index contributed by atoms with van der Waals surface area (Å²) in [6, 6.07) is 0. The largest absolute Gasteiger partial charge is 0.481 e. The van der Waals surface area contributed by atoms with E-state index in [-0.39, 0.29) is 13.0 Å². The molecule has 1 rings (SSSR count). The zero-order valence-corrected chi connectivity index (χ0v) is 8.04. The molecule has 0 aliphatic carbocycles. The summed E-state index contributed by atoms with van der Waals surface area (Å²) in [5.41, 5.74) is -1.83. The Morgan fingerprint density at radius 3 is 2.54 bits per heavy atom. The molecule has 4 nitrogen and oxygen atoms in total. The molecule has 1 fully saturated rings. The molecule has 0 radical (unpaired) electrons. The molecule has 0 amide bonds. The fourth-order valence-electron chi connectivity index (χ4n) is 1.82. The lowest BCUT2D eigenvalue weighted by atomic mass is 9.78. The highest BCUT2D eigenvalue weighted by atomic mass is 16.5. The van der Waals surface area contributed by atoms with Gasteiger partial charge in [0.2, 0.25) is 0 Å². The average Bonchev–Trinajstić information content (AvgIpc) is 2.33. The molecule has 1 atom stereocenters. The second kappa shape index (κ2) is 3.27. The van der Waals surface area contributed by atoms with Crippen molar-refractivity contribution in [1.29, 1.82) is 0 Å². The lowest BCUT2D eigenvalue weighted by Crippen LogP contribution is -2.39. The van der Waals surface area contributed by atoms with Crippen molar-refractivity contribution in [2.75, 3.05) is 13.2 Å². The SMILES string of the molecule is CC(C)(O)CC1(C(=O)O)CCOC1. The fourth-order valence-corrected chi connectivity index (χ4v) is 1.82. The van der Waals surface area contributed by atoms with Crippen molar-refractivity contribution in [3.05, 3.63) is 0 Å². The number of hydrogen-bond acceptors (Lipinski definition) is 3. The number of carboxylic acid groups (broad SMARTS) is 1. The summed E-state index contributed by atoms with van der Waals surface area (Å²) >= 11 is 0. The Bertz CT molecular complexity index is 198. The van der Waals surface area contributed by atoms with Crippen LogP contribution >= 0.6 is 0 Å². The quantitative estimate of drug-likeness (QED) is 0.682. The smallest absolute Gasteiger partial charge is 0.312 e. The van der Waals surface area contributed by atoms with Crippen molar-refractivity contribution in [3.8, 4) is 0 Å². The van der Waals surface area contributed by atoms with E-state index in [2.05, 4.69) is 0 Å². The van der Waals surface area contributed by atoms with Gasteiger partial charge in [-0.2, -0.15) is 0 Å². The van der Waals surface area contributed by atoms with Gasteiger partial charge < -0.3 is 14.9 Å². The molecular weight excluding hydrogens is 172 g/mol. The van der Waals surface area contributed by atoms with Gasteiger partial charge in [-0.1, -0.05) is 0 Å². The second-order valence-corrected chi connectivity index (χ2v) is 4.38. The molecule has 0 aromatic carbocycles. The normalized spacial score (nSPS) is 29.2. The summed E-state index contributed by atoms with van der Waals surface area (Å²) in [5, 5.41) is 18.6. The molecule has 0 spiro atoms. The van der Waals surface area contributed by atoms with Gasteiger partial charge >= 0.3 is 5.97 Å². The predicted molar refractivity (Wildman–Crippen MR) is 46.4 cm³/mol. The average molecular weight is 188 g/mol. The third kappa shape index (κ3) is 2.42. The van der Waals surface area contributed by atoms with Crippen LogP contribution in [0.1, 0.15) is 26.7 Å². The lowest BCUT2D eigenvalue weighted by molar-refractivity contribution is -0.152. The van der Waals surface area contributed by atoms with Gasteiger partial charge in [0.25, 0.3) is 0 Å². The molecule has 1 unspecified atom stereocenters. The molecule has 2 N–H and O–H groups in total. The Kier molecular flexibility index (Phi) is 2.63. The van der Waals surface area contributed by atoms with E-state index in [0.29, 0.717) is 13.0 Å². The molecule has 4 heteroatoms. The molecule has 0 bridgehead atoms. The summed E-state index contributed by atoms with van der Waals surface area (Å²) in [6.07, 6.45) is 0.738. The van der Waals surface area contributed by atoms with Crippen LogP contribution in [0.2, 0.25) is 0 Å². The minimum Gasteiger partial charge on any atom is -0.481 e. The summed E-state index contributed by atoms with van der Waals surface area (Å²) in [4.78, 5) is 11.0. The van der Waals surface area contributed by atoms with Crippen LogP contribution in [-0.2, 0) is 9.53 Å². The maximum atomic E-state index is 11.0. The first-order chi connectivity index (χ1) is 5.86.